The van der Waals surface area contributed by atoms with Crippen LogP contribution in [0.1, 0.15) is 76.5 Å². The molecule has 0 radical (unpaired) electrons. The zero-order valence-corrected chi connectivity index (χ0v) is 29.2. The number of nitrogens with one attached hydrogen (secondary N) is 3. The minimum atomic E-state index is -3.80. The van der Waals surface area contributed by atoms with Crippen molar-refractivity contribution in [3.63, 3.8) is 0 Å². The number of hydrogen-bond donors (Lipinski definition) is 4. The van der Waals surface area contributed by atoms with Crippen molar-refractivity contribution in [3.8, 4) is 0 Å². The van der Waals surface area contributed by atoms with Gasteiger partial charge in [0.15, 0.2) is 9.84 Å². The van der Waals surface area contributed by atoms with Gasteiger partial charge >= 0.3 is 6.03 Å². The number of sulfone groups is 1. The quantitative estimate of drug-likeness (QED) is 0.121. The van der Waals surface area contributed by atoms with Crippen LogP contribution in [-0.2, 0) is 38.8 Å². The van der Waals surface area contributed by atoms with Crippen molar-refractivity contribution in [1.29, 1.82) is 0 Å². The molecule has 3 rings (SSSR count). The molecule has 1 aliphatic heterocycles. The highest BCUT2D eigenvalue weighted by Crippen LogP contribution is 2.20. The molecule has 13 heteroatoms. The van der Waals surface area contributed by atoms with Crippen molar-refractivity contribution < 1.29 is 36.7 Å². The van der Waals surface area contributed by atoms with Gasteiger partial charge in [-0.25, -0.2) is 22.0 Å². The third-order valence-corrected chi connectivity index (χ3v) is 10.3. The first-order chi connectivity index (χ1) is 22.6. The summed E-state index contributed by atoms with van der Waals surface area (Å²) in [7, 11) is -3.80. The molecule has 1 saturated heterocycles. The molecule has 0 saturated carbocycles. The second-order valence-electron chi connectivity index (χ2n) is 13.2. The molecule has 2 aromatic carbocycles. The number of benzene rings is 2. The topological polar surface area (TPSA) is 145 Å². The number of aliphatic hydroxyl groups is 1. The molecule has 266 valence electrons. The second-order valence-corrected chi connectivity index (χ2v) is 15.4. The second kappa shape index (κ2) is 17.8. The molecule has 3 atom stereocenters. The lowest BCUT2D eigenvalue weighted by Crippen LogP contribution is -2.53. The van der Waals surface area contributed by atoms with Gasteiger partial charge in [-0.2, -0.15) is 0 Å². The summed E-state index contributed by atoms with van der Waals surface area (Å²) < 4.78 is 54.6. The molecule has 2 aromatic rings. The molecule has 1 heterocycles. The summed E-state index contributed by atoms with van der Waals surface area (Å²) in [5.41, 5.74) is 1.05. The Hall–Kier alpha value is -3.42. The summed E-state index contributed by atoms with van der Waals surface area (Å²) in [6.45, 7) is 6.99. The lowest BCUT2D eigenvalue weighted by Gasteiger charge is -2.28. The Balaban J connectivity index is 1.83. The van der Waals surface area contributed by atoms with Gasteiger partial charge in [-0.05, 0) is 61.9 Å². The van der Waals surface area contributed by atoms with E-state index >= 15 is 0 Å². The Labute approximate surface area is 283 Å². The van der Waals surface area contributed by atoms with Crippen molar-refractivity contribution >= 4 is 27.7 Å². The minimum absolute atomic E-state index is 0.0129. The average molecular weight is 693 g/mol. The van der Waals surface area contributed by atoms with Gasteiger partial charge in [-0.3, -0.25) is 14.5 Å². The summed E-state index contributed by atoms with van der Waals surface area (Å²) in [6, 6.07) is 8.94. The zero-order chi connectivity index (χ0) is 35.5. The highest BCUT2D eigenvalue weighted by Gasteiger charge is 2.46. The Kier molecular flexibility index (Phi) is 14.5. The van der Waals surface area contributed by atoms with Gasteiger partial charge in [0.2, 0.25) is 5.91 Å². The van der Waals surface area contributed by atoms with Crippen LogP contribution < -0.4 is 16.0 Å². The van der Waals surface area contributed by atoms with Gasteiger partial charge in [0, 0.05) is 25.7 Å². The molecule has 0 bridgehead atoms. The third-order valence-electron chi connectivity index (χ3n) is 8.48. The van der Waals surface area contributed by atoms with Crippen LogP contribution in [0.15, 0.2) is 42.5 Å². The van der Waals surface area contributed by atoms with E-state index in [1.165, 1.54) is 13.8 Å². The van der Waals surface area contributed by atoms with Crippen LogP contribution in [0.3, 0.4) is 0 Å². The number of amides is 4. The zero-order valence-electron chi connectivity index (χ0n) is 28.4. The van der Waals surface area contributed by atoms with E-state index in [0.29, 0.717) is 25.5 Å². The van der Waals surface area contributed by atoms with E-state index in [-0.39, 0.29) is 24.3 Å². The number of carbonyl (C=O) groups is 3. The number of halogens is 2. The Morgan fingerprint density at radius 2 is 1.65 bits per heavy atom. The van der Waals surface area contributed by atoms with Crippen molar-refractivity contribution in [2.75, 3.05) is 24.6 Å². The number of imide groups is 1. The molecular weight excluding hydrogens is 642 g/mol. The molecule has 4 amide bonds. The number of carbonyl (C=O) groups excluding carboxylic acids is 3. The number of rotatable bonds is 20. The molecule has 4 N–H and O–H groups in total. The number of aryl methyl sites for hydroxylation is 1. The Bertz CT molecular complexity index is 1500. The number of aliphatic hydroxyl groups excluding tert-OH is 1. The first-order valence-corrected chi connectivity index (χ1v) is 18.5. The maximum Gasteiger partial charge on any atom is 0.325 e. The summed E-state index contributed by atoms with van der Waals surface area (Å²) in [4.78, 5) is 40.4. The standard InChI is InChI=1S/C35H50F2N4O6S/c1-5-7-8-9-10-14-48(46,47)23-27(22-41-33(44)35(3,4)40-34(41)45)32(43)39-30(18-26-16-28(36)19-29(37)17-26)31(42)21-38-20-25-13-11-12-24(6-2)15-25/h11-13,15-17,19,27,30-31,38,42H,5-10,14,18,20-23H2,1-4H3,(H,39,43)(H,40,45)/t27?,30-,31-/m0/s1. The van der Waals surface area contributed by atoms with E-state index in [0.717, 1.165) is 53.8 Å². The number of nitrogens with zero attached hydrogens (tertiary/aromatic N) is 1. The number of hydrogen-bond acceptors (Lipinski definition) is 7. The summed E-state index contributed by atoms with van der Waals surface area (Å²) in [6.07, 6.45) is 3.38. The van der Waals surface area contributed by atoms with E-state index in [2.05, 4.69) is 16.0 Å². The van der Waals surface area contributed by atoms with Crippen LogP contribution in [0.4, 0.5) is 13.6 Å². The van der Waals surface area contributed by atoms with E-state index in [9.17, 15) is 36.7 Å². The lowest BCUT2D eigenvalue weighted by molar-refractivity contribution is -0.132. The van der Waals surface area contributed by atoms with Crippen LogP contribution in [0.2, 0.25) is 0 Å². The normalized spacial score (nSPS) is 16.4. The van der Waals surface area contributed by atoms with E-state index in [4.69, 9.17) is 0 Å². The van der Waals surface area contributed by atoms with Crippen molar-refractivity contribution in [1.82, 2.24) is 20.9 Å². The van der Waals surface area contributed by atoms with Gasteiger partial charge in [0.25, 0.3) is 5.91 Å². The van der Waals surface area contributed by atoms with Gasteiger partial charge in [-0.1, -0.05) is 63.8 Å². The first-order valence-electron chi connectivity index (χ1n) is 16.7. The maximum absolute atomic E-state index is 14.1. The van der Waals surface area contributed by atoms with Gasteiger partial charge in [-0.15, -0.1) is 0 Å². The van der Waals surface area contributed by atoms with Crippen molar-refractivity contribution in [2.24, 2.45) is 5.92 Å². The summed E-state index contributed by atoms with van der Waals surface area (Å²) in [5.74, 6) is -5.24. The third kappa shape index (κ3) is 11.9. The molecular formula is C35H50F2N4O6S. The largest absolute Gasteiger partial charge is 0.390 e. The fourth-order valence-electron chi connectivity index (χ4n) is 5.76. The molecule has 1 aliphatic rings. The fraction of sp³-hybridized carbons (Fsp3) is 0.571. The molecule has 48 heavy (non-hydrogen) atoms. The molecule has 1 unspecified atom stereocenters. The number of urea groups is 1. The van der Waals surface area contributed by atoms with E-state index in [1.807, 2.05) is 38.1 Å². The predicted molar refractivity (Wildman–Crippen MR) is 181 cm³/mol. The van der Waals surface area contributed by atoms with Crippen LogP contribution in [0, 0.1) is 17.6 Å². The Morgan fingerprint density at radius 1 is 0.979 bits per heavy atom. The molecule has 10 nitrogen and oxygen atoms in total. The minimum Gasteiger partial charge on any atom is -0.390 e. The summed E-state index contributed by atoms with van der Waals surface area (Å²) >= 11 is 0. The van der Waals surface area contributed by atoms with E-state index < -0.39 is 75.2 Å². The Morgan fingerprint density at radius 3 is 2.27 bits per heavy atom. The molecule has 1 fully saturated rings. The van der Waals surface area contributed by atoms with Crippen molar-refractivity contribution in [2.45, 2.75) is 96.9 Å². The highest BCUT2D eigenvalue weighted by molar-refractivity contribution is 7.91. The maximum atomic E-state index is 14.1. The van der Waals surface area contributed by atoms with Crippen LogP contribution in [-0.4, -0.2) is 78.5 Å². The molecule has 0 aliphatic carbocycles. The fourth-order valence-corrected chi connectivity index (χ4v) is 7.44. The summed E-state index contributed by atoms with van der Waals surface area (Å²) in [5, 5.41) is 19.6. The predicted octanol–water partition coefficient (Wildman–Crippen LogP) is 4.04. The number of unbranched alkanes of at least 4 members (excludes halogenated alkanes) is 4. The first kappa shape index (κ1) is 39.0. The van der Waals surface area contributed by atoms with Crippen LogP contribution >= 0.6 is 0 Å². The smallest absolute Gasteiger partial charge is 0.325 e. The highest BCUT2D eigenvalue weighted by atomic mass is 32.2. The monoisotopic (exact) mass is 692 g/mol. The van der Waals surface area contributed by atoms with E-state index in [1.54, 1.807) is 0 Å². The van der Waals surface area contributed by atoms with Gasteiger partial charge in [0.1, 0.15) is 17.2 Å². The van der Waals surface area contributed by atoms with Gasteiger partial charge in [0.05, 0.1) is 29.6 Å². The average Bonchev–Trinajstić information content (AvgIpc) is 3.20. The van der Waals surface area contributed by atoms with Crippen LogP contribution in [0.25, 0.3) is 0 Å². The molecule has 0 spiro atoms. The SMILES string of the molecule is CCCCCCCS(=O)(=O)CC(CN1C(=O)NC(C)(C)C1=O)C(=O)N[C@@H](Cc1cc(F)cc(F)c1)[C@@H](O)CNCc1cccc(CC)c1. The van der Waals surface area contributed by atoms with Crippen LogP contribution in [0.5, 0.6) is 0 Å². The van der Waals surface area contributed by atoms with Gasteiger partial charge < -0.3 is 21.1 Å². The lowest BCUT2D eigenvalue weighted by atomic mass is 9.99. The molecule has 0 aromatic heterocycles. The van der Waals surface area contributed by atoms with Crippen molar-refractivity contribution in [3.05, 3.63) is 70.8 Å².